The van der Waals surface area contributed by atoms with Crippen molar-refractivity contribution in [3.05, 3.63) is 42.2 Å². The van der Waals surface area contributed by atoms with Gasteiger partial charge in [0, 0.05) is 18.1 Å². The molecule has 0 spiro atoms. The topological polar surface area (TPSA) is 63.3 Å². The third kappa shape index (κ3) is 2.90. The third-order valence-electron chi connectivity index (χ3n) is 3.95. The van der Waals surface area contributed by atoms with Gasteiger partial charge in [-0.2, -0.15) is 0 Å². The van der Waals surface area contributed by atoms with Gasteiger partial charge in [-0.1, -0.05) is 30.7 Å². The molecule has 1 aromatic heterocycles. The largest absolute Gasteiger partial charge is 0.370 e. The number of benzene rings is 1. The summed E-state index contributed by atoms with van der Waals surface area (Å²) in [6.07, 6.45) is 5.80. The summed E-state index contributed by atoms with van der Waals surface area (Å²) >= 11 is 0. The van der Waals surface area contributed by atoms with Crippen LogP contribution in [0.4, 0.5) is 0 Å². The fourth-order valence-corrected chi connectivity index (χ4v) is 2.47. The molecular formula is C16H20N4. The zero-order valence-electron chi connectivity index (χ0n) is 11.5. The van der Waals surface area contributed by atoms with Crippen LogP contribution in [0.25, 0.3) is 10.8 Å². The summed E-state index contributed by atoms with van der Waals surface area (Å²) in [5, 5.41) is 5.54. The first-order valence-corrected chi connectivity index (χ1v) is 7.19. The molecule has 0 amide bonds. The lowest BCUT2D eigenvalue weighted by Gasteiger charge is -2.25. The van der Waals surface area contributed by atoms with E-state index >= 15 is 0 Å². The molecule has 20 heavy (non-hydrogen) atoms. The minimum atomic E-state index is 0.519. The maximum absolute atomic E-state index is 5.90. The SMILES string of the molecule is NC(=NCc1nccc2ccccc12)NCC1CCC1. The van der Waals surface area contributed by atoms with Gasteiger partial charge in [-0.3, -0.25) is 4.98 Å². The molecule has 1 fully saturated rings. The van der Waals surface area contributed by atoms with Crippen molar-refractivity contribution in [1.29, 1.82) is 0 Å². The molecule has 3 N–H and O–H groups in total. The van der Waals surface area contributed by atoms with E-state index in [-0.39, 0.29) is 0 Å². The average molecular weight is 268 g/mol. The van der Waals surface area contributed by atoms with Crippen LogP contribution >= 0.6 is 0 Å². The van der Waals surface area contributed by atoms with Gasteiger partial charge in [0.25, 0.3) is 0 Å². The minimum absolute atomic E-state index is 0.519. The molecule has 1 saturated carbocycles. The lowest BCUT2D eigenvalue weighted by Crippen LogP contribution is -2.37. The van der Waals surface area contributed by atoms with E-state index in [2.05, 4.69) is 27.4 Å². The van der Waals surface area contributed by atoms with Crippen molar-refractivity contribution in [2.75, 3.05) is 6.54 Å². The lowest BCUT2D eigenvalue weighted by atomic mass is 9.85. The number of rotatable bonds is 4. The highest BCUT2D eigenvalue weighted by Crippen LogP contribution is 2.25. The van der Waals surface area contributed by atoms with Gasteiger partial charge in [0.05, 0.1) is 12.2 Å². The molecule has 1 aromatic carbocycles. The van der Waals surface area contributed by atoms with Crippen LogP contribution in [0.2, 0.25) is 0 Å². The molecule has 2 aromatic rings. The Labute approximate surface area is 119 Å². The maximum atomic E-state index is 5.90. The van der Waals surface area contributed by atoms with Crippen molar-refractivity contribution in [2.24, 2.45) is 16.6 Å². The van der Waals surface area contributed by atoms with Crippen LogP contribution in [0.15, 0.2) is 41.5 Å². The summed E-state index contributed by atoms with van der Waals surface area (Å²) in [5.74, 6) is 1.30. The Kier molecular flexibility index (Phi) is 3.81. The smallest absolute Gasteiger partial charge is 0.188 e. The predicted octanol–water partition coefficient (Wildman–Crippen LogP) is 2.44. The molecular weight excluding hydrogens is 248 g/mol. The molecule has 0 aliphatic heterocycles. The number of aromatic nitrogens is 1. The summed E-state index contributed by atoms with van der Waals surface area (Å²) in [5.41, 5.74) is 6.87. The van der Waals surface area contributed by atoms with Crippen LogP contribution in [0.5, 0.6) is 0 Å². The summed E-state index contributed by atoms with van der Waals surface area (Å²) in [6.45, 7) is 1.46. The molecule has 4 heteroatoms. The Morgan fingerprint density at radius 3 is 2.95 bits per heavy atom. The van der Waals surface area contributed by atoms with E-state index in [1.165, 1.54) is 24.6 Å². The van der Waals surface area contributed by atoms with Crippen molar-refractivity contribution in [2.45, 2.75) is 25.8 Å². The molecule has 104 valence electrons. The highest BCUT2D eigenvalue weighted by molar-refractivity contribution is 5.84. The van der Waals surface area contributed by atoms with Gasteiger partial charge in [0.1, 0.15) is 0 Å². The highest BCUT2D eigenvalue weighted by Gasteiger charge is 2.16. The monoisotopic (exact) mass is 268 g/mol. The van der Waals surface area contributed by atoms with E-state index < -0.39 is 0 Å². The van der Waals surface area contributed by atoms with Crippen molar-refractivity contribution in [3.63, 3.8) is 0 Å². The second kappa shape index (κ2) is 5.90. The Hall–Kier alpha value is -2.10. The Bertz CT molecular complexity index is 611. The zero-order valence-corrected chi connectivity index (χ0v) is 11.5. The lowest BCUT2D eigenvalue weighted by molar-refractivity contribution is 0.315. The second-order valence-corrected chi connectivity index (χ2v) is 5.36. The molecule has 1 aliphatic carbocycles. The van der Waals surface area contributed by atoms with Crippen molar-refractivity contribution < 1.29 is 0 Å². The second-order valence-electron chi connectivity index (χ2n) is 5.36. The number of nitrogens with zero attached hydrogens (tertiary/aromatic N) is 2. The van der Waals surface area contributed by atoms with Crippen molar-refractivity contribution in [1.82, 2.24) is 10.3 Å². The van der Waals surface area contributed by atoms with E-state index in [1.54, 1.807) is 0 Å². The van der Waals surface area contributed by atoms with E-state index in [0.717, 1.165) is 23.5 Å². The number of fused-ring (bicyclic) bond motifs is 1. The number of hydrogen-bond acceptors (Lipinski definition) is 2. The quantitative estimate of drug-likeness (QED) is 0.661. The van der Waals surface area contributed by atoms with Gasteiger partial charge in [-0.25, -0.2) is 4.99 Å². The third-order valence-corrected chi connectivity index (χ3v) is 3.95. The average Bonchev–Trinajstić information content (AvgIpc) is 2.43. The summed E-state index contributed by atoms with van der Waals surface area (Å²) in [6, 6.07) is 10.2. The number of aliphatic imine (C=N–C) groups is 1. The fourth-order valence-electron chi connectivity index (χ4n) is 2.47. The van der Waals surface area contributed by atoms with Crippen LogP contribution in [0.1, 0.15) is 25.0 Å². The standard InChI is InChI=1S/C16H20N4/c17-16(19-10-12-4-3-5-12)20-11-15-14-7-2-1-6-13(14)8-9-18-15/h1-2,6-9,12H,3-5,10-11H2,(H3,17,19,20). The van der Waals surface area contributed by atoms with Gasteiger partial charge < -0.3 is 11.1 Å². The number of hydrogen-bond donors (Lipinski definition) is 2. The number of guanidine groups is 1. The molecule has 3 rings (SSSR count). The van der Waals surface area contributed by atoms with Crippen LogP contribution in [0.3, 0.4) is 0 Å². The van der Waals surface area contributed by atoms with Crippen molar-refractivity contribution in [3.8, 4) is 0 Å². The highest BCUT2D eigenvalue weighted by atomic mass is 15.1. The Morgan fingerprint density at radius 1 is 1.30 bits per heavy atom. The van der Waals surface area contributed by atoms with Crippen LogP contribution in [0, 0.1) is 5.92 Å². The number of nitrogens with two attached hydrogens (primary N) is 1. The first kappa shape index (κ1) is 12.9. The van der Waals surface area contributed by atoms with Gasteiger partial charge in [0.2, 0.25) is 0 Å². The number of pyridine rings is 1. The first-order chi connectivity index (χ1) is 9.83. The van der Waals surface area contributed by atoms with Gasteiger partial charge in [-0.05, 0) is 30.2 Å². The van der Waals surface area contributed by atoms with E-state index in [1.807, 2.05) is 24.4 Å². The molecule has 0 atom stereocenters. The maximum Gasteiger partial charge on any atom is 0.188 e. The van der Waals surface area contributed by atoms with E-state index in [9.17, 15) is 0 Å². The van der Waals surface area contributed by atoms with Crippen molar-refractivity contribution >= 4 is 16.7 Å². The summed E-state index contributed by atoms with van der Waals surface area (Å²) in [4.78, 5) is 8.81. The summed E-state index contributed by atoms with van der Waals surface area (Å²) < 4.78 is 0. The molecule has 0 unspecified atom stereocenters. The number of nitrogens with one attached hydrogen (secondary N) is 1. The van der Waals surface area contributed by atoms with Crippen LogP contribution < -0.4 is 11.1 Å². The van der Waals surface area contributed by atoms with Gasteiger partial charge in [-0.15, -0.1) is 0 Å². The van der Waals surface area contributed by atoms with E-state index in [4.69, 9.17) is 5.73 Å². The van der Waals surface area contributed by atoms with Gasteiger partial charge >= 0.3 is 0 Å². The minimum Gasteiger partial charge on any atom is -0.370 e. The normalized spacial score (nSPS) is 16.1. The molecule has 1 aliphatic rings. The molecule has 0 saturated heterocycles. The molecule has 0 radical (unpaired) electrons. The van der Waals surface area contributed by atoms with Crippen LogP contribution in [-0.2, 0) is 6.54 Å². The fraction of sp³-hybridized carbons (Fsp3) is 0.375. The summed E-state index contributed by atoms with van der Waals surface area (Å²) in [7, 11) is 0. The Balaban J connectivity index is 1.66. The zero-order chi connectivity index (χ0) is 13.8. The van der Waals surface area contributed by atoms with Crippen LogP contribution in [-0.4, -0.2) is 17.5 Å². The molecule has 0 bridgehead atoms. The predicted molar refractivity (Wildman–Crippen MR) is 82.4 cm³/mol. The van der Waals surface area contributed by atoms with Gasteiger partial charge in [0.15, 0.2) is 5.96 Å². The van der Waals surface area contributed by atoms with E-state index in [0.29, 0.717) is 12.5 Å². The molecule has 1 heterocycles. The molecule has 4 nitrogen and oxygen atoms in total. The Morgan fingerprint density at radius 2 is 2.15 bits per heavy atom. The first-order valence-electron chi connectivity index (χ1n) is 7.19.